The van der Waals surface area contributed by atoms with E-state index in [1.54, 1.807) is 26.2 Å². The van der Waals surface area contributed by atoms with Crippen LogP contribution in [-0.4, -0.2) is 34.4 Å². The van der Waals surface area contributed by atoms with Crippen LogP contribution in [0.3, 0.4) is 0 Å². The van der Waals surface area contributed by atoms with Crippen LogP contribution < -0.4 is 5.32 Å². The minimum Gasteiger partial charge on any atom is -0.383 e. The molecule has 154 valence electrons. The van der Waals surface area contributed by atoms with Crippen LogP contribution in [0.25, 0.3) is 11.0 Å². The zero-order valence-electron chi connectivity index (χ0n) is 15.5. The predicted octanol–water partition coefficient (Wildman–Crippen LogP) is 4.87. The summed E-state index contributed by atoms with van der Waals surface area (Å²) in [5.41, 5.74) is 1.06. The van der Waals surface area contributed by atoms with Gasteiger partial charge in [0.1, 0.15) is 0 Å². The first-order valence-electron chi connectivity index (χ1n) is 8.57. The second-order valence-electron chi connectivity index (χ2n) is 6.14. The van der Waals surface area contributed by atoms with Gasteiger partial charge in [0.25, 0.3) is 0 Å². The molecule has 29 heavy (non-hydrogen) atoms. The lowest BCUT2D eigenvalue weighted by atomic mass is 10.2. The summed E-state index contributed by atoms with van der Waals surface area (Å²) in [7, 11) is 1.58. The zero-order valence-corrected chi connectivity index (χ0v) is 17.1. The van der Waals surface area contributed by atoms with E-state index in [0.717, 1.165) is 29.4 Å². The van der Waals surface area contributed by atoms with E-state index in [9.17, 15) is 18.0 Å². The topological polar surface area (TPSA) is 56.1 Å². The Morgan fingerprint density at radius 1 is 1.28 bits per heavy atom. The summed E-state index contributed by atoms with van der Waals surface area (Å²) in [6, 6.07) is 7.00. The highest BCUT2D eigenvalue weighted by molar-refractivity contribution is 8.00. The van der Waals surface area contributed by atoms with Gasteiger partial charge in [-0.2, -0.15) is 0 Å². The molecule has 1 amide bonds. The van der Waals surface area contributed by atoms with Crippen LogP contribution in [0.15, 0.2) is 35.5 Å². The Hall–Kier alpha value is -2.23. The van der Waals surface area contributed by atoms with E-state index in [1.807, 2.05) is 10.6 Å². The predicted molar refractivity (Wildman–Crippen MR) is 107 cm³/mol. The van der Waals surface area contributed by atoms with E-state index < -0.39 is 34.3 Å². The molecule has 2 aromatic carbocycles. The fraction of sp³-hybridized carbons (Fsp3) is 0.263. The summed E-state index contributed by atoms with van der Waals surface area (Å²) >= 11 is 7.18. The smallest absolute Gasteiger partial charge is 0.237 e. The van der Waals surface area contributed by atoms with Crippen molar-refractivity contribution in [2.24, 2.45) is 0 Å². The van der Waals surface area contributed by atoms with Crippen LogP contribution >= 0.6 is 23.4 Å². The highest BCUT2D eigenvalue weighted by atomic mass is 35.5. The number of halogens is 4. The summed E-state index contributed by atoms with van der Waals surface area (Å²) in [6.45, 7) is 2.54. The molecule has 3 aromatic rings. The first-order valence-corrected chi connectivity index (χ1v) is 9.83. The van der Waals surface area contributed by atoms with Crippen molar-refractivity contribution in [2.75, 3.05) is 19.0 Å². The molecular formula is C19H17ClF3N3O2S. The number of amides is 1. The monoisotopic (exact) mass is 443 g/mol. The van der Waals surface area contributed by atoms with Crippen molar-refractivity contribution < 1.29 is 22.7 Å². The zero-order chi connectivity index (χ0) is 21.1. The number of carbonyl (C=O) groups is 1. The standard InChI is InChI=1S/C19H17ClF3N3O2S/c1-10(18(27)24-13-5-4-12(21)16(22)17(13)23)29-19-25-14-9-11(20)3-6-15(14)26(19)7-8-28-2/h3-6,9-10H,7-8H2,1-2H3,(H,24,27). The number of aromatic nitrogens is 2. The van der Waals surface area contributed by atoms with Crippen molar-refractivity contribution in [3.63, 3.8) is 0 Å². The maximum absolute atomic E-state index is 13.8. The minimum atomic E-state index is -1.64. The number of ether oxygens (including phenoxy) is 1. The van der Waals surface area contributed by atoms with E-state index in [2.05, 4.69) is 10.3 Å². The number of fused-ring (bicyclic) bond motifs is 1. The second kappa shape index (κ2) is 9.06. The van der Waals surface area contributed by atoms with E-state index in [4.69, 9.17) is 16.3 Å². The third-order valence-corrected chi connectivity index (χ3v) is 5.46. The Labute approximate surface area is 174 Å². The SMILES string of the molecule is COCCn1c(SC(C)C(=O)Nc2ccc(F)c(F)c2F)nc2cc(Cl)ccc21. The molecule has 0 aliphatic rings. The van der Waals surface area contributed by atoms with Gasteiger partial charge >= 0.3 is 0 Å². The molecule has 0 radical (unpaired) electrons. The molecule has 0 saturated heterocycles. The third kappa shape index (κ3) is 4.68. The molecule has 10 heteroatoms. The molecule has 1 heterocycles. The molecular weight excluding hydrogens is 427 g/mol. The Bertz CT molecular complexity index is 1060. The number of imidazole rings is 1. The number of benzene rings is 2. The van der Waals surface area contributed by atoms with Gasteiger partial charge in [0.05, 0.1) is 28.6 Å². The molecule has 1 aromatic heterocycles. The summed E-state index contributed by atoms with van der Waals surface area (Å²) in [5, 5.41) is 2.66. The van der Waals surface area contributed by atoms with Crippen molar-refractivity contribution in [3.8, 4) is 0 Å². The molecule has 0 aliphatic heterocycles. The van der Waals surface area contributed by atoms with Gasteiger partial charge in [0.15, 0.2) is 22.6 Å². The number of hydrogen-bond acceptors (Lipinski definition) is 4. The van der Waals surface area contributed by atoms with E-state index in [1.165, 1.54) is 0 Å². The number of rotatable bonds is 7. The third-order valence-electron chi connectivity index (χ3n) is 4.14. The summed E-state index contributed by atoms with van der Waals surface area (Å²) in [4.78, 5) is 17.0. The van der Waals surface area contributed by atoms with Gasteiger partial charge in [-0.05, 0) is 37.3 Å². The molecule has 5 nitrogen and oxygen atoms in total. The van der Waals surface area contributed by atoms with Crippen molar-refractivity contribution in [1.82, 2.24) is 9.55 Å². The summed E-state index contributed by atoms with van der Waals surface area (Å²) in [6.07, 6.45) is 0. The van der Waals surface area contributed by atoms with Crippen LogP contribution in [0.1, 0.15) is 6.92 Å². The van der Waals surface area contributed by atoms with Gasteiger partial charge < -0.3 is 14.6 Å². The number of thioether (sulfide) groups is 1. The van der Waals surface area contributed by atoms with E-state index >= 15 is 0 Å². The highest BCUT2D eigenvalue weighted by Gasteiger charge is 2.22. The van der Waals surface area contributed by atoms with Crippen molar-refractivity contribution >= 4 is 46.0 Å². The number of nitrogens with one attached hydrogen (secondary N) is 1. The number of carbonyl (C=O) groups excluding carboxylic acids is 1. The Morgan fingerprint density at radius 2 is 2.03 bits per heavy atom. The highest BCUT2D eigenvalue weighted by Crippen LogP contribution is 2.30. The van der Waals surface area contributed by atoms with Gasteiger partial charge in [0.2, 0.25) is 5.91 Å². The second-order valence-corrected chi connectivity index (χ2v) is 7.89. The van der Waals surface area contributed by atoms with Crippen LogP contribution in [0.2, 0.25) is 5.02 Å². The van der Waals surface area contributed by atoms with Crippen LogP contribution in [0, 0.1) is 17.5 Å². The number of methoxy groups -OCH3 is 1. The minimum absolute atomic E-state index is 0.430. The van der Waals surface area contributed by atoms with E-state index in [-0.39, 0.29) is 0 Å². The lowest BCUT2D eigenvalue weighted by Gasteiger charge is -2.14. The van der Waals surface area contributed by atoms with Gasteiger partial charge in [-0.15, -0.1) is 0 Å². The van der Waals surface area contributed by atoms with Crippen LogP contribution in [0.5, 0.6) is 0 Å². The Kier molecular flexibility index (Phi) is 6.71. The number of hydrogen-bond donors (Lipinski definition) is 1. The average molecular weight is 444 g/mol. The molecule has 0 fully saturated rings. The van der Waals surface area contributed by atoms with Crippen molar-refractivity contribution in [3.05, 3.63) is 52.8 Å². The Balaban J connectivity index is 1.82. The molecule has 0 saturated carbocycles. The van der Waals surface area contributed by atoms with E-state index in [0.29, 0.717) is 28.8 Å². The molecule has 0 aliphatic carbocycles. The first-order chi connectivity index (χ1) is 13.8. The first kappa shape index (κ1) is 21.5. The maximum atomic E-state index is 13.8. The van der Waals surface area contributed by atoms with Gasteiger partial charge in [-0.1, -0.05) is 23.4 Å². The average Bonchev–Trinajstić information content (AvgIpc) is 3.02. The molecule has 1 N–H and O–H groups in total. The van der Waals surface area contributed by atoms with Crippen LogP contribution in [0.4, 0.5) is 18.9 Å². The number of nitrogens with zero attached hydrogens (tertiary/aromatic N) is 2. The van der Waals surface area contributed by atoms with Crippen molar-refractivity contribution in [2.45, 2.75) is 23.9 Å². The van der Waals surface area contributed by atoms with Gasteiger partial charge in [-0.25, -0.2) is 18.2 Å². The number of anilines is 1. The molecule has 1 atom stereocenters. The fourth-order valence-electron chi connectivity index (χ4n) is 2.64. The van der Waals surface area contributed by atoms with Gasteiger partial charge in [0, 0.05) is 18.7 Å². The molecule has 3 rings (SSSR count). The summed E-state index contributed by atoms with van der Waals surface area (Å²) < 4.78 is 47.3. The maximum Gasteiger partial charge on any atom is 0.237 e. The summed E-state index contributed by atoms with van der Waals surface area (Å²) in [5.74, 6) is -4.99. The van der Waals surface area contributed by atoms with Crippen LogP contribution in [-0.2, 0) is 16.1 Å². The lowest BCUT2D eigenvalue weighted by Crippen LogP contribution is -2.24. The molecule has 1 unspecified atom stereocenters. The van der Waals surface area contributed by atoms with Gasteiger partial charge in [-0.3, -0.25) is 4.79 Å². The normalized spacial score (nSPS) is 12.3. The largest absolute Gasteiger partial charge is 0.383 e. The van der Waals surface area contributed by atoms with Crippen molar-refractivity contribution in [1.29, 1.82) is 0 Å². The fourth-order valence-corrected chi connectivity index (χ4v) is 3.75. The lowest BCUT2D eigenvalue weighted by molar-refractivity contribution is -0.115. The molecule has 0 spiro atoms. The quantitative estimate of drug-likeness (QED) is 0.418. The molecule has 0 bridgehead atoms. The Morgan fingerprint density at radius 3 is 2.76 bits per heavy atom.